The molecule has 1 aliphatic heterocycles. The van der Waals surface area contributed by atoms with Gasteiger partial charge in [-0.05, 0) is 19.4 Å². The number of ether oxygens (including phenoxy) is 2. The fourth-order valence-corrected chi connectivity index (χ4v) is 2.19. The summed E-state index contributed by atoms with van der Waals surface area (Å²) >= 11 is 0. The monoisotopic (exact) mass is 304 g/mol. The molecule has 0 radical (unpaired) electrons. The van der Waals surface area contributed by atoms with E-state index in [2.05, 4.69) is 0 Å². The standard InChI is InChI=1S/C17H20O5/c1-16(2,21-12-13-7-4-3-5-8-13)9-6-10-17(15(19)20)11-14(18)22-17/h3-9H,10-12H2,1-2H3,(H,19,20)/b9-6+/t17-/m0/s1. The number of carbonyl (C=O) groups is 2. The zero-order chi connectivity index (χ0) is 16.2. The van der Waals surface area contributed by atoms with E-state index in [1.807, 2.05) is 44.2 Å². The van der Waals surface area contributed by atoms with E-state index >= 15 is 0 Å². The fraction of sp³-hybridized carbons (Fsp3) is 0.412. The molecule has 0 aliphatic carbocycles. The molecule has 0 spiro atoms. The van der Waals surface area contributed by atoms with Crippen molar-refractivity contribution in [1.82, 2.24) is 0 Å². The Morgan fingerprint density at radius 3 is 2.59 bits per heavy atom. The van der Waals surface area contributed by atoms with Crippen LogP contribution in [0.1, 0.15) is 32.3 Å². The second-order valence-electron chi connectivity index (χ2n) is 5.93. The van der Waals surface area contributed by atoms with Crippen molar-refractivity contribution in [2.24, 2.45) is 0 Å². The smallest absolute Gasteiger partial charge is 0.349 e. The summed E-state index contributed by atoms with van der Waals surface area (Å²) in [5, 5.41) is 9.14. The lowest BCUT2D eigenvalue weighted by molar-refractivity contribution is -0.203. The molecular formula is C17H20O5. The van der Waals surface area contributed by atoms with Gasteiger partial charge in [-0.15, -0.1) is 0 Å². The van der Waals surface area contributed by atoms with Gasteiger partial charge in [-0.3, -0.25) is 4.79 Å². The molecule has 1 atom stereocenters. The summed E-state index contributed by atoms with van der Waals surface area (Å²) in [5.74, 6) is -1.59. The number of hydrogen-bond acceptors (Lipinski definition) is 4. The average molecular weight is 304 g/mol. The van der Waals surface area contributed by atoms with Gasteiger partial charge >= 0.3 is 11.9 Å². The molecule has 0 amide bonds. The molecule has 0 bridgehead atoms. The molecule has 0 saturated carbocycles. The third-order valence-corrected chi connectivity index (χ3v) is 3.55. The predicted octanol–water partition coefficient (Wildman–Crippen LogP) is 2.70. The van der Waals surface area contributed by atoms with Crippen molar-refractivity contribution in [3.63, 3.8) is 0 Å². The highest BCUT2D eigenvalue weighted by Gasteiger charge is 2.52. The maximum atomic E-state index is 11.2. The van der Waals surface area contributed by atoms with E-state index in [9.17, 15) is 9.59 Å². The van der Waals surface area contributed by atoms with Gasteiger partial charge in [0.05, 0.1) is 18.6 Å². The first kappa shape index (κ1) is 16.2. The molecule has 5 nitrogen and oxygen atoms in total. The average Bonchev–Trinajstić information content (AvgIpc) is 2.44. The van der Waals surface area contributed by atoms with E-state index < -0.39 is 23.1 Å². The molecule has 1 aromatic carbocycles. The van der Waals surface area contributed by atoms with E-state index in [1.165, 1.54) is 0 Å². The lowest BCUT2D eigenvalue weighted by atomic mass is 9.89. The molecule has 1 saturated heterocycles. The highest BCUT2D eigenvalue weighted by atomic mass is 16.6. The summed E-state index contributed by atoms with van der Waals surface area (Å²) in [6.07, 6.45) is 3.56. The Morgan fingerprint density at radius 2 is 2.05 bits per heavy atom. The van der Waals surface area contributed by atoms with Gasteiger partial charge in [-0.25, -0.2) is 4.79 Å². The Balaban J connectivity index is 1.88. The van der Waals surface area contributed by atoms with Crippen molar-refractivity contribution in [2.75, 3.05) is 0 Å². The topological polar surface area (TPSA) is 72.8 Å². The quantitative estimate of drug-likeness (QED) is 0.619. The van der Waals surface area contributed by atoms with Crippen LogP contribution < -0.4 is 0 Å². The molecular weight excluding hydrogens is 284 g/mol. The lowest BCUT2D eigenvalue weighted by Crippen LogP contribution is -2.53. The maximum Gasteiger partial charge on any atom is 0.349 e. The zero-order valence-electron chi connectivity index (χ0n) is 12.7. The zero-order valence-corrected chi connectivity index (χ0v) is 12.7. The number of carboxylic acid groups (broad SMARTS) is 1. The highest BCUT2D eigenvalue weighted by molar-refractivity contribution is 5.92. The number of rotatable bonds is 7. The van der Waals surface area contributed by atoms with Gasteiger partial charge in [-0.2, -0.15) is 0 Å². The third kappa shape index (κ3) is 3.95. The highest BCUT2D eigenvalue weighted by Crippen LogP contribution is 2.32. The normalized spacial score (nSPS) is 21.5. The number of benzene rings is 1. The largest absolute Gasteiger partial charge is 0.478 e. The van der Waals surface area contributed by atoms with Crippen molar-refractivity contribution in [2.45, 2.75) is 44.5 Å². The first-order valence-electron chi connectivity index (χ1n) is 7.14. The van der Waals surface area contributed by atoms with Crippen LogP contribution in [0.3, 0.4) is 0 Å². The number of hydrogen-bond donors (Lipinski definition) is 1. The number of aliphatic carboxylic acids is 1. The van der Waals surface area contributed by atoms with E-state index in [0.717, 1.165) is 5.56 Å². The van der Waals surface area contributed by atoms with Gasteiger partial charge in [0.2, 0.25) is 5.60 Å². The van der Waals surface area contributed by atoms with E-state index in [0.29, 0.717) is 6.61 Å². The van der Waals surface area contributed by atoms with Crippen LogP contribution in [0.25, 0.3) is 0 Å². The number of esters is 1. The summed E-state index contributed by atoms with van der Waals surface area (Å²) < 4.78 is 10.6. The molecule has 1 aromatic rings. The molecule has 1 aliphatic rings. The van der Waals surface area contributed by atoms with Gasteiger partial charge < -0.3 is 14.6 Å². The van der Waals surface area contributed by atoms with Crippen LogP contribution in [0.4, 0.5) is 0 Å². The van der Waals surface area contributed by atoms with Crippen LogP contribution in [-0.2, 0) is 25.7 Å². The molecule has 1 fully saturated rings. The molecule has 1 heterocycles. The summed E-state index contributed by atoms with van der Waals surface area (Å²) in [5.41, 5.74) is -0.870. The summed E-state index contributed by atoms with van der Waals surface area (Å²) in [4.78, 5) is 22.1. The third-order valence-electron chi connectivity index (χ3n) is 3.55. The van der Waals surface area contributed by atoms with E-state index in [4.69, 9.17) is 14.6 Å². The van der Waals surface area contributed by atoms with Crippen molar-refractivity contribution in [3.8, 4) is 0 Å². The van der Waals surface area contributed by atoms with Crippen LogP contribution in [0, 0.1) is 0 Å². The van der Waals surface area contributed by atoms with Crippen LogP contribution in [0.5, 0.6) is 0 Å². The van der Waals surface area contributed by atoms with Crippen molar-refractivity contribution in [1.29, 1.82) is 0 Å². The van der Waals surface area contributed by atoms with E-state index in [-0.39, 0.29) is 12.8 Å². The van der Waals surface area contributed by atoms with Crippen LogP contribution in [-0.4, -0.2) is 28.2 Å². The summed E-state index contributed by atoms with van der Waals surface area (Å²) in [7, 11) is 0. The number of cyclic esters (lactones) is 1. The fourth-order valence-electron chi connectivity index (χ4n) is 2.19. The van der Waals surface area contributed by atoms with Crippen LogP contribution >= 0.6 is 0 Å². The molecule has 1 N–H and O–H groups in total. The van der Waals surface area contributed by atoms with Crippen molar-refractivity contribution in [3.05, 3.63) is 48.0 Å². The van der Waals surface area contributed by atoms with Gasteiger partial charge in [0, 0.05) is 6.42 Å². The second-order valence-corrected chi connectivity index (χ2v) is 5.93. The van der Waals surface area contributed by atoms with Gasteiger partial charge in [0.1, 0.15) is 0 Å². The van der Waals surface area contributed by atoms with Crippen LogP contribution in [0.2, 0.25) is 0 Å². The van der Waals surface area contributed by atoms with Crippen molar-refractivity contribution >= 4 is 11.9 Å². The molecule has 22 heavy (non-hydrogen) atoms. The molecule has 5 heteroatoms. The summed E-state index contributed by atoms with van der Waals surface area (Å²) in [6, 6.07) is 9.80. The number of carboxylic acids is 1. The minimum Gasteiger partial charge on any atom is -0.478 e. The maximum absolute atomic E-state index is 11.2. The SMILES string of the molecule is CC(C)(/C=C/C[C@@]1(C(=O)O)CC(=O)O1)OCc1ccccc1. The first-order chi connectivity index (χ1) is 10.3. The number of carbonyl (C=O) groups excluding carboxylic acids is 1. The Bertz CT molecular complexity index is 566. The van der Waals surface area contributed by atoms with Gasteiger partial charge in [-0.1, -0.05) is 42.5 Å². The minimum absolute atomic E-state index is 0.0853. The van der Waals surface area contributed by atoms with Gasteiger partial charge in [0.25, 0.3) is 0 Å². The Labute approximate surface area is 129 Å². The minimum atomic E-state index is -1.40. The Morgan fingerprint density at radius 1 is 1.41 bits per heavy atom. The lowest BCUT2D eigenvalue weighted by Gasteiger charge is -2.35. The van der Waals surface area contributed by atoms with E-state index in [1.54, 1.807) is 12.2 Å². The Hall–Kier alpha value is -2.14. The van der Waals surface area contributed by atoms with Crippen molar-refractivity contribution < 1.29 is 24.2 Å². The van der Waals surface area contributed by atoms with Crippen LogP contribution in [0.15, 0.2) is 42.5 Å². The molecule has 0 aromatic heterocycles. The first-order valence-corrected chi connectivity index (χ1v) is 7.14. The molecule has 2 rings (SSSR count). The Kier molecular flexibility index (Phi) is 4.66. The molecule has 118 valence electrons. The van der Waals surface area contributed by atoms with Gasteiger partial charge in [0.15, 0.2) is 0 Å². The predicted molar refractivity (Wildman–Crippen MR) is 80.1 cm³/mol. The summed E-state index contributed by atoms with van der Waals surface area (Å²) in [6.45, 7) is 4.26. The second kappa shape index (κ2) is 6.32. The molecule has 0 unspecified atom stereocenters.